The van der Waals surface area contributed by atoms with E-state index in [1.165, 1.54) is 11.0 Å². The van der Waals surface area contributed by atoms with Crippen LogP contribution in [-0.2, 0) is 14.3 Å². The number of ether oxygens (including phenoxy) is 1. The van der Waals surface area contributed by atoms with Crippen molar-refractivity contribution in [3.8, 4) is 0 Å². The van der Waals surface area contributed by atoms with Crippen molar-refractivity contribution in [1.82, 2.24) is 4.90 Å². The second-order valence-corrected chi connectivity index (χ2v) is 5.78. The van der Waals surface area contributed by atoms with E-state index in [2.05, 4.69) is 4.90 Å². The van der Waals surface area contributed by atoms with Crippen molar-refractivity contribution < 1.29 is 19.4 Å². The van der Waals surface area contributed by atoms with Gasteiger partial charge in [-0.05, 0) is 30.2 Å². The van der Waals surface area contributed by atoms with Crippen LogP contribution in [0.5, 0.6) is 0 Å². The number of amides is 1. The Morgan fingerprint density at radius 1 is 1.25 bits per heavy atom. The minimum Gasteiger partial charge on any atom is -0.481 e. The Bertz CT molecular complexity index is 577. The van der Waals surface area contributed by atoms with E-state index in [0.29, 0.717) is 13.0 Å². The number of likely N-dealkylation sites (N-methyl/N-ethyl adjacent to an activating group) is 1. The Morgan fingerprint density at radius 3 is 2.54 bits per heavy atom. The largest absolute Gasteiger partial charge is 0.481 e. The Kier molecular flexibility index (Phi) is 6.81. The number of morpholine rings is 1. The van der Waals surface area contributed by atoms with Crippen molar-refractivity contribution in [2.75, 3.05) is 44.8 Å². The van der Waals surface area contributed by atoms with Crippen LogP contribution in [0.4, 0.5) is 5.69 Å². The van der Waals surface area contributed by atoms with Crippen LogP contribution < -0.4 is 4.90 Å². The maximum atomic E-state index is 12.0. The van der Waals surface area contributed by atoms with Crippen LogP contribution in [-0.4, -0.2) is 61.8 Å². The summed E-state index contributed by atoms with van der Waals surface area (Å²) in [5.74, 6) is -0.968. The summed E-state index contributed by atoms with van der Waals surface area (Å²) in [6.07, 6.45) is 3.83. The molecule has 0 atom stereocenters. The molecule has 6 nitrogen and oxygen atoms in total. The van der Waals surface area contributed by atoms with Crippen LogP contribution in [0.15, 0.2) is 30.3 Å². The molecule has 0 saturated carbocycles. The molecular formula is C18H24N2O4. The van der Waals surface area contributed by atoms with Gasteiger partial charge in [0.05, 0.1) is 13.2 Å². The number of carboxylic acids is 1. The SMILES string of the molecule is CN(CCCC(=O)O)C(=O)C=Cc1ccc(N2CCOCC2)cc1. The molecule has 0 spiro atoms. The summed E-state index contributed by atoms with van der Waals surface area (Å²) in [5.41, 5.74) is 2.12. The highest BCUT2D eigenvalue weighted by atomic mass is 16.5. The summed E-state index contributed by atoms with van der Waals surface area (Å²) in [5, 5.41) is 8.61. The average Bonchev–Trinajstić information content (AvgIpc) is 2.60. The predicted octanol–water partition coefficient (Wildman–Crippen LogP) is 1.86. The number of carbonyl (C=O) groups excluding carboxylic acids is 1. The number of hydrogen-bond acceptors (Lipinski definition) is 4. The van der Waals surface area contributed by atoms with E-state index >= 15 is 0 Å². The highest BCUT2D eigenvalue weighted by molar-refractivity contribution is 5.91. The van der Waals surface area contributed by atoms with Crippen molar-refractivity contribution in [1.29, 1.82) is 0 Å². The van der Waals surface area contributed by atoms with Gasteiger partial charge in [-0.15, -0.1) is 0 Å². The zero-order valence-electron chi connectivity index (χ0n) is 14.0. The molecule has 1 N–H and O–H groups in total. The fourth-order valence-corrected chi connectivity index (χ4v) is 2.49. The first kappa shape index (κ1) is 18.0. The van der Waals surface area contributed by atoms with Gasteiger partial charge in [0.1, 0.15) is 0 Å². The van der Waals surface area contributed by atoms with Crippen LogP contribution in [0.2, 0.25) is 0 Å². The molecule has 0 unspecified atom stereocenters. The normalized spacial score (nSPS) is 14.8. The van der Waals surface area contributed by atoms with E-state index in [1.54, 1.807) is 13.1 Å². The molecule has 1 aromatic rings. The standard InChI is InChI=1S/C18H24N2O4/c1-19(10-2-3-18(22)23)17(21)9-6-15-4-7-16(8-5-15)20-11-13-24-14-12-20/h4-9H,2-3,10-14H2,1H3,(H,22,23). The summed E-state index contributed by atoms with van der Waals surface area (Å²) < 4.78 is 5.35. The average molecular weight is 332 g/mol. The third-order valence-electron chi connectivity index (χ3n) is 3.95. The lowest BCUT2D eigenvalue weighted by molar-refractivity contribution is -0.137. The van der Waals surface area contributed by atoms with Gasteiger partial charge in [-0.25, -0.2) is 0 Å². The van der Waals surface area contributed by atoms with E-state index in [9.17, 15) is 9.59 Å². The van der Waals surface area contributed by atoms with Crippen molar-refractivity contribution >= 4 is 23.6 Å². The number of anilines is 1. The Labute approximate surface area is 142 Å². The van der Waals surface area contributed by atoms with Gasteiger partial charge in [0, 0.05) is 44.9 Å². The summed E-state index contributed by atoms with van der Waals surface area (Å²) in [4.78, 5) is 26.3. The second-order valence-electron chi connectivity index (χ2n) is 5.78. The number of nitrogens with zero attached hydrogens (tertiary/aromatic N) is 2. The molecule has 1 heterocycles. The molecule has 1 aliphatic rings. The van der Waals surface area contributed by atoms with Gasteiger partial charge < -0.3 is 19.6 Å². The highest BCUT2D eigenvalue weighted by Gasteiger charge is 2.10. The number of hydrogen-bond donors (Lipinski definition) is 1. The van der Waals surface area contributed by atoms with Crippen molar-refractivity contribution in [3.63, 3.8) is 0 Å². The lowest BCUT2D eigenvalue weighted by Gasteiger charge is -2.28. The number of carbonyl (C=O) groups is 2. The van der Waals surface area contributed by atoms with E-state index in [1.807, 2.05) is 24.3 Å². The monoisotopic (exact) mass is 332 g/mol. The molecule has 24 heavy (non-hydrogen) atoms. The third kappa shape index (κ3) is 5.70. The van der Waals surface area contributed by atoms with E-state index in [4.69, 9.17) is 9.84 Å². The maximum Gasteiger partial charge on any atom is 0.303 e. The number of carboxylic acid groups (broad SMARTS) is 1. The number of rotatable bonds is 7. The van der Waals surface area contributed by atoms with Gasteiger partial charge in [-0.2, -0.15) is 0 Å². The fraction of sp³-hybridized carbons (Fsp3) is 0.444. The predicted molar refractivity (Wildman–Crippen MR) is 93.0 cm³/mol. The molecule has 1 aliphatic heterocycles. The molecule has 0 aliphatic carbocycles. The van der Waals surface area contributed by atoms with Gasteiger partial charge in [0.25, 0.3) is 0 Å². The molecular weight excluding hydrogens is 308 g/mol. The lowest BCUT2D eigenvalue weighted by atomic mass is 10.1. The zero-order valence-corrected chi connectivity index (χ0v) is 14.0. The Hall–Kier alpha value is -2.34. The van der Waals surface area contributed by atoms with Gasteiger partial charge in [-0.1, -0.05) is 12.1 Å². The van der Waals surface area contributed by atoms with Crippen LogP contribution in [0.1, 0.15) is 18.4 Å². The Morgan fingerprint density at radius 2 is 1.92 bits per heavy atom. The minimum absolute atomic E-state index is 0.0737. The smallest absolute Gasteiger partial charge is 0.303 e. The van der Waals surface area contributed by atoms with Crippen molar-refractivity contribution in [3.05, 3.63) is 35.9 Å². The molecule has 130 valence electrons. The zero-order chi connectivity index (χ0) is 17.4. The molecule has 0 aromatic heterocycles. The number of benzene rings is 1. The molecule has 0 radical (unpaired) electrons. The first-order chi connectivity index (χ1) is 11.6. The van der Waals surface area contributed by atoms with Gasteiger partial charge in [0.2, 0.25) is 5.91 Å². The van der Waals surface area contributed by atoms with Crippen molar-refractivity contribution in [2.45, 2.75) is 12.8 Å². The van der Waals surface area contributed by atoms with Gasteiger partial charge >= 0.3 is 5.97 Å². The van der Waals surface area contributed by atoms with Crippen LogP contribution in [0.25, 0.3) is 6.08 Å². The van der Waals surface area contributed by atoms with E-state index < -0.39 is 5.97 Å². The highest BCUT2D eigenvalue weighted by Crippen LogP contribution is 2.17. The Balaban J connectivity index is 1.84. The molecule has 1 saturated heterocycles. The van der Waals surface area contributed by atoms with E-state index in [-0.39, 0.29) is 12.3 Å². The van der Waals surface area contributed by atoms with Crippen LogP contribution in [0, 0.1) is 0 Å². The first-order valence-corrected chi connectivity index (χ1v) is 8.14. The topological polar surface area (TPSA) is 70.1 Å². The molecule has 2 rings (SSSR count). The summed E-state index contributed by atoms with van der Waals surface area (Å²) >= 11 is 0. The number of aliphatic carboxylic acids is 1. The summed E-state index contributed by atoms with van der Waals surface area (Å²) in [6, 6.07) is 8.07. The van der Waals surface area contributed by atoms with Gasteiger partial charge in [0.15, 0.2) is 0 Å². The minimum atomic E-state index is -0.841. The maximum absolute atomic E-state index is 12.0. The van der Waals surface area contributed by atoms with Crippen LogP contribution in [0.3, 0.4) is 0 Å². The molecule has 1 amide bonds. The summed E-state index contributed by atoms with van der Waals surface area (Å²) in [7, 11) is 1.68. The molecule has 1 aromatic carbocycles. The second kappa shape index (κ2) is 9.08. The third-order valence-corrected chi connectivity index (χ3v) is 3.95. The molecule has 6 heteroatoms. The van der Waals surface area contributed by atoms with Crippen LogP contribution >= 0.6 is 0 Å². The quantitative estimate of drug-likeness (QED) is 0.772. The molecule has 0 bridgehead atoms. The lowest BCUT2D eigenvalue weighted by Crippen LogP contribution is -2.36. The van der Waals surface area contributed by atoms with Crippen molar-refractivity contribution in [2.24, 2.45) is 0 Å². The van der Waals surface area contributed by atoms with E-state index in [0.717, 1.165) is 37.6 Å². The first-order valence-electron chi connectivity index (χ1n) is 8.14. The fourth-order valence-electron chi connectivity index (χ4n) is 2.49. The molecule has 1 fully saturated rings. The van der Waals surface area contributed by atoms with Gasteiger partial charge in [-0.3, -0.25) is 9.59 Å². The summed E-state index contributed by atoms with van der Waals surface area (Å²) in [6.45, 7) is 3.74.